The minimum Gasteiger partial charge on any atom is -0.508 e. The highest BCUT2D eigenvalue weighted by Gasteiger charge is 2.18. The summed E-state index contributed by atoms with van der Waals surface area (Å²) in [5.41, 5.74) is 0.0928. The molecule has 2 aromatic rings. The van der Waals surface area contributed by atoms with Gasteiger partial charge in [0.25, 0.3) is 5.69 Å². The van der Waals surface area contributed by atoms with Crippen LogP contribution in [0.3, 0.4) is 0 Å². The Hall–Kier alpha value is -2.45. The van der Waals surface area contributed by atoms with E-state index in [9.17, 15) is 24.8 Å². The van der Waals surface area contributed by atoms with Crippen LogP contribution >= 0.6 is 0 Å². The maximum Gasteiger partial charge on any atom is 0.308 e. The number of nitro groups is 1. The number of benzene rings is 2. The number of hydrogen-bond acceptors (Lipinski definition) is 6. The number of carbonyl (C=O) groups excluding carboxylic acids is 1. The first kappa shape index (κ1) is 16.9. The minimum atomic E-state index is -1.59. The maximum absolute atomic E-state index is 11.5. The summed E-state index contributed by atoms with van der Waals surface area (Å²) in [6.07, 6.45) is 0. The van der Waals surface area contributed by atoms with E-state index in [4.69, 9.17) is 4.74 Å². The van der Waals surface area contributed by atoms with Gasteiger partial charge in [0.1, 0.15) is 12.4 Å². The summed E-state index contributed by atoms with van der Waals surface area (Å²) < 4.78 is 5.07. The second-order valence-electron chi connectivity index (χ2n) is 5.49. The van der Waals surface area contributed by atoms with E-state index in [1.54, 1.807) is 19.9 Å². The number of phenols is 1. The van der Waals surface area contributed by atoms with Gasteiger partial charge in [-0.1, -0.05) is 13.8 Å². The summed E-state index contributed by atoms with van der Waals surface area (Å²) in [5.74, 6) is -0.801. The van der Waals surface area contributed by atoms with Gasteiger partial charge < -0.3 is 14.6 Å². The number of phenolic OH excluding ortho intramolecular Hbond substituents is 1. The maximum atomic E-state index is 11.5. The van der Waals surface area contributed by atoms with Gasteiger partial charge in [-0.3, -0.25) is 14.9 Å². The minimum absolute atomic E-state index is 0.0364. The Morgan fingerprint density at radius 2 is 1.96 bits per heavy atom. The van der Waals surface area contributed by atoms with Crippen molar-refractivity contribution in [2.24, 2.45) is 5.92 Å². The van der Waals surface area contributed by atoms with Crippen molar-refractivity contribution in [2.75, 3.05) is 0 Å². The average molecular weight is 335 g/mol. The van der Waals surface area contributed by atoms with Gasteiger partial charge in [-0.15, -0.1) is 0 Å². The van der Waals surface area contributed by atoms with Gasteiger partial charge in [-0.2, -0.15) is 0 Å². The number of nitro benzene ring substituents is 1. The van der Waals surface area contributed by atoms with E-state index in [-0.39, 0.29) is 29.5 Å². The zero-order chi connectivity index (χ0) is 17.1. The molecule has 0 saturated carbocycles. The standard InChI is InChI=1S/C15H17NO6Si/c1-8(2)15(18)22-7-11-3-9-5-13(17)14(23-21)6-10(9)4-12(11)16(19)20/h3-6,8,17,21H,7,23H2,1-2H3. The lowest BCUT2D eigenvalue weighted by Gasteiger charge is -2.10. The summed E-state index contributed by atoms with van der Waals surface area (Å²) in [4.78, 5) is 31.5. The number of ether oxygens (including phenoxy) is 1. The Bertz CT molecular complexity index is 774. The number of fused-ring (bicyclic) bond motifs is 1. The highest BCUT2D eigenvalue weighted by molar-refractivity contribution is 6.47. The number of esters is 1. The van der Waals surface area contributed by atoms with Crippen molar-refractivity contribution in [3.63, 3.8) is 0 Å². The molecule has 0 bridgehead atoms. The average Bonchev–Trinajstić information content (AvgIpc) is 2.50. The molecule has 0 aromatic heterocycles. The lowest BCUT2D eigenvalue weighted by atomic mass is 10.0. The van der Waals surface area contributed by atoms with Crippen molar-refractivity contribution in [3.8, 4) is 5.75 Å². The molecule has 2 N–H and O–H groups in total. The monoisotopic (exact) mass is 335 g/mol. The van der Waals surface area contributed by atoms with Crippen LogP contribution in [0.15, 0.2) is 24.3 Å². The third kappa shape index (κ3) is 3.66. The van der Waals surface area contributed by atoms with E-state index in [2.05, 4.69) is 0 Å². The molecule has 7 nitrogen and oxygen atoms in total. The van der Waals surface area contributed by atoms with E-state index in [0.717, 1.165) is 0 Å². The van der Waals surface area contributed by atoms with Crippen LogP contribution < -0.4 is 5.19 Å². The highest BCUT2D eigenvalue weighted by Crippen LogP contribution is 2.28. The molecule has 0 aliphatic heterocycles. The quantitative estimate of drug-likeness (QED) is 0.363. The summed E-state index contributed by atoms with van der Waals surface area (Å²) in [6.45, 7) is 3.14. The fourth-order valence-corrected chi connectivity index (χ4v) is 2.72. The zero-order valence-corrected chi connectivity index (χ0v) is 14.2. The summed E-state index contributed by atoms with van der Waals surface area (Å²) >= 11 is 0. The molecule has 0 atom stereocenters. The summed E-state index contributed by atoms with van der Waals surface area (Å²) in [5, 5.41) is 22.6. The van der Waals surface area contributed by atoms with Crippen LogP contribution in [-0.4, -0.2) is 30.6 Å². The molecule has 0 aliphatic rings. The van der Waals surface area contributed by atoms with Crippen molar-refractivity contribution >= 4 is 37.4 Å². The van der Waals surface area contributed by atoms with Gasteiger partial charge in [0.05, 0.1) is 16.4 Å². The van der Waals surface area contributed by atoms with E-state index < -0.39 is 20.7 Å². The number of carbonyl (C=O) groups is 1. The molecule has 0 fully saturated rings. The van der Waals surface area contributed by atoms with E-state index in [1.807, 2.05) is 0 Å². The molecule has 2 rings (SSSR count). The predicted octanol–water partition coefficient (Wildman–Crippen LogP) is 0.854. The Balaban J connectivity index is 2.48. The number of hydrogen-bond donors (Lipinski definition) is 2. The molecule has 0 heterocycles. The molecule has 0 radical (unpaired) electrons. The third-order valence-electron chi connectivity index (χ3n) is 3.44. The predicted molar refractivity (Wildman–Crippen MR) is 87.3 cm³/mol. The molecular weight excluding hydrogens is 318 g/mol. The SMILES string of the molecule is CC(C)C(=O)OCc1cc2cc(O)c([SiH2]O)cc2cc1[N+](=O)[O-]. The molecule has 23 heavy (non-hydrogen) atoms. The zero-order valence-electron chi connectivity index (χ0n) is 12.8. The smallest absolute Gasteiger partial charge is 0.308 e. The van der Waals surface area contributed by atoms with Crippen LogP contribution in [0.1, 0.15) is 19.4 Å². The van der Waals surface area contributed by atoms with Gasteiger partial charge in [-0.05, 0) is 29.0 Å². The Morgan fingerprint density at radius 1 is 1.30 bits per heavy atom. The fourth-order valence-electron chi connectivity index (χ4n) is 2.15. The van der Waals surface area contributed by atoms with Crippen LogP contribution in [0.25, 0.3) is 10.8 Å². The second kappa shape index (κ2) is 6.76. The van der Waals surface area contributed by atoms with Gasteiger partial charge >= 0.3 is 5.97 Å². The number of aromatic hydroxyl groups is 1. The first-order valence-electron chi connectivity index (χ1n) is 7.04. The van der Waals surface area contributed by atoms with Crippen LogP contribution in [0.4, 0.5) is 5.69 Å². The summed E-state index contributed by atoms with van der Waals surface area (Å²) in [7, 11) is -1.59. The van der Waals surface area contributed by atoms with Crippen molar-refractivity contribution in [2.45, 2.75) is 20.5 Å². The molecule has 8 heteroatoms. The van der Waals surface area contributed by atoms with Gasteiger partial charge in [0.15, 0.2) is 9.76 Å². The molecule has 0 spiro atoms. The highest BCUT2D eigenvalue weighted by atomic mass is 28.2. The molecule has 0 saturated heterocycles. The molecule has 2 aromatic carbocycles. The van der Waals surface area contributed by atoms with E-state index in [1.165, 1.54) is 18.2 Å². The first-order chi connectivity index (χ1) is 10.8. The van der Waals surface area contributed by atoms with E-state index >= 15 is 0 Å². The first-order valence-corrected chi connectivity index (χ1v) is 8.37. The van der Waals surface area contributed by atoms with Crippen molar-refractivity contribution in [1.29, 1.82) is 0 Å². The third-order valence-corrected chi connectivity index (χ3v) is 4.35. The lowest BCUT2D eigenvalue weighted by Crippen LogP contribution is -2.14. The number of nitrogens with zero attached hydrogens (tertiary/aromatic N) is 1. The van der Waals surface area contributed by atoms with Gasteiger partial charge in [0.2, 0.25) is 0 Å². The number of rotatable bonds is 5. The van der Waals surface area contributed by atoms with Crippen molar-refractivity contribution < 1.29 is 24.4 Å². The normalized spacial score (nSPS) is 11.5. The Labute approximate surface area is 134 Å². The molecule has 0 aliphatic carbocycles. The van der Waals surface area contributed by atoms with Crippen LogP contribution in [0, 0.1) is 16.0 Å². The van der Waals surface area contributed by atoms with Crippen LogP contribution in [0.2, 0.25) is 0 Å². The topological polar surface area (TPSA) is 110 Å². The molecule has 0 amide bonds. The molecular formula is C15H17NO6Si. The fraction of sp³-hybridized carbons (Fsp3) is 0.267. The van der Waals surface area contributed by atoms with Crippen molar-refractivity contribution in [3.05, 3.63) is 39.9 Å². The molecule has 122 valence electrons. The lowest BCUT2D eigenvalue weighted by molar-refractivity contribution is -0.385. The van der Waals surface area contributed by atoms with Gasteiger partial charge in [0, 0.05) is 11.3 Å². The second-order valence-corrected chi connectivity index (χ2v) is 6.56. The van der Waals surface area contributed by atoms with Crippen LogP contribution in [-0.2, 0) is 16.1 Å². The van der Waals surface area contributed by atoms with Crippen LogP contribution in [0.5, 0.6) is 5.75 Å². The summed E-state index contributed by atoms with van der Waals surface area (Å²) in [6, 6.07) is 5.88. The largest absolute Gasteiger partial charge is 0.508 e. The van der Waals surface area contributed by atoms with Crippen molar-refractivity contribution in [1.82, 2.24) is 0 Å². The Morgan fingerprint density at radius 3 is 2.52 bits per heavy atom. The van der Waals surface area contributed by atoms with Gasteiger partial charge in [-0.25, -0.2) is 0 Å². The molecule has 0 unspecified atom stereocenters. The Kier molecular flexibility index (Phi) is 4.97. The van der Waals surface area contributed by atoms with E-state index in [0.29, 0.717) is 16.0 Å².